The van der Waals surface area contributed by atoms with Crippen LogP contribution in [0, 0.1) is 11.3 Å². The van der Waals surface area contributed by atoms with E-state index in [9.17, 15) is 0 Å². The summed E-state index contributed by atoms with van der Waals surface area (Å²) < 4.78 is 0. The van der Waals surface area contributed by atoms with Gasteiger partial charge in [0.2, 0.25) is 0 Å². The van der Waals surface area contributed by atoms with Crippen LogP contribution < -0.4 is 5.73 Å². The van der Waals surface area contributed by atoms with Crippen molar-refractivity contribution in [1.82, 2.24) is 0 Å². The molecule has 2 N–H and O–H groups in total. The summed E-state index contributed by atoms with van der Waals surface area (Å²) in [5.41, 5.74) is 7.18. The molecule has 1 heteroatoms. The summed E-state index contributed by atoms with van der Waals surface area (Å²) in [4.78, 5) is 0. The van der Waals surface area contributed by atoms with Gasteiger partial charge in [0.05, 0.1) is 0 Å². The lowest BCUT2D eigenvalue weighted by Crippen LogP contribution is -2.45. The maximum Gasteiger partial charge on any atom is 0.0154 e. The van der Waals surface area contributed by atoms with Crippen molar-refractivity contribution in [2.75, 3.05) is 0 Å². The van der Waals surface area contributed by atoms with E-state index in [1.54, 1.807) is 0 Å². The van der Waals surface area contributed by atoms with Crippen molar-refractivity contribution in [2.24, 2.45) is 17.1 Å². The zero-order valence-corrected chi connectivity index (χ0v) is 11.1. The largest absolute Gasteiger partial charge is 0.325 e. The number of nitrogens with two attached hydrogens (primary N) is 1. The molecule has 0 atom stereocenters. The summed E-state index contributed by atoms with van der Waals surface area (Å²) in [5, 5.41) is 0. The van der Waals surface area contributed by atoms with Crippen LogP contribution in [0.4, 0.5) is 0 Å². The van der Waals surface area contributed by atoms with Crippen LogP contribution in [-0.2, 0) is 0 Å². The van der Waals surface area contributed by atoms with Gasteiger partial charge in [0, 0.05) is 5.54 Å². The van der Waals surface area contributed by atoms with Crippen molar-refractivity contribution in [3.63, 3.8) is 0 Å². The molecule has 0 spiro atoms. The smallest absolute Gasteiger partial charge is 0.0154 e. The first-order chi connectivity index (χ1) is 6.83. The van der Waals surface area contributed by atoms with Gasteiger partial charge >= 0.3 is 0 Å². The molecule has 90 valence electrons. The highest BCUT2D eigenvalue weighted by molar-refractivity contribution is 4.92. The molecule has 0 heterocycles. The van der Waals surface area contributed by atoms with Gasteiger partial charge in [-0.15, -0.1) is 0 Å². The Hall–Kier alpha value is -0.0400. The highest BCUT2D eigenvalue weighted by atomic mass is 14.7. The second kappa shape index (κ2) is 4.86. The van der Waals surface area contributed by atoms with Crippen LogP contribution in [0.3, 0.4) is 0 Å². The third-order valence-corrected chi connectivity index (χ3v) is 4.06. The summed E-state index contributed by atoms with van der Waals surface area (Å²) in [7, 11) is 0. The molecule has 0 aromatic rings. The van der Waals surface area contributed by atoms with E-state index in [-0.39, 0.29) is 5.54 Å². The lowest BCUT2D eigenvalue weighted by Gasteiger charge is -2.41. The van der Waals surface area contributed by atoms with Crippen LogP contribution in [0.25, 0.3) is 0 Å². The molecule has 0 aliphatic heterocycles. The van der Waals surface area contributed by atoms with Crippen molar-refractivity contribution in [3.8, 4) is 0 Å². The SMILES string of the molecule is CC(C)CCCC1(N)CCC(C)(C)CC1. The standard InChI is InChI=1S/C14H29N/c1-12(2)6-5-7-14(15)10-8-13(3,4)9-11-14/h12H,5-11,15H2,1-4H3. The molecule has 0 aromatic heterocycles. The maximum atomic E-state index is 6.47. The Morgan fingerprint density at radius 2 is 1.60 bits per heavy atom. The number of rotatable bonds is 4. The quantitative estimate of drug-likeness (QED) is 0.744. The van der Waals surface area contributed by atoms with Crippen LogP contribution in [-0.4, -0.2) is 5.54 Å². The summed E-state index contributed by atoms with van der Waals surface area (Å²) in [6.45, 7) is 9.35. The summed E-state index contributed by atoms with van der Waals surface area (Å²) in [5.74, 6) is 0.827. The molecule has 1 aliphatic rings. The van der Waals surface area contributed by atoms with Gasteiger partial charge in [-0.1, -0.05) is 40.5 Å². The van der Waals surface area contributed by atoms with E-state index in [0.717, 1.165) is 5.92 Å². The highest BCUT2D eigenvalue weighted by Gasteiger charge is 2.34. The van der Waals surface area contributed by atoms with E-state index < -0.39 is 0 Å². The molecule has 1 rings (SSSR count). The average molecular weight is 211 g/mol. The fourth-order valence-corrected chi connectivity index (χ4v) is 2.54. The Kier molecular flexibility index (Phi) is 4.22. The van der Waals surface area contributed by atoms with Gasteiger partial charge in [-0.3, -0.25) is 0 Å². The van der Waals surface area contributed by atoms with E-state index >= 15 is 0 Å². The van der Waals surface area contributed by atoms with E-state index in [0.29, 0.717) is 5.41 Å². The Morgan fingerprint density at radius 3 is 2.07 bits per heavy atom. The minimum atomic E-state index is 0.171. The molecule has 1 aliphatic carbocycles. The predicted molar refractivity (Wildman–Crippen MR) is 67.9 cm³/mol. The Morgan fingerprint density at radius 1 is 1.07 bits per heavy atom. The van der Waals surface area contributed by atoms with Gasteiger partial charge in [-0.25, -0.2) is 0 Å². The van der Waals surface area contributed by atoms with Crippen LogP contribution in [0.15, 0.2) is 0 Å². The summed E-state index contributed by atoms with van der Waals surface area (Å²) in [6.07, 6.45) is 8.98. The lowest BCUT2D eigenvalue weighted by atomic mass is 9.68. The van der Waals surface area contributed by atoms with Gasteiger partial charge in [-0.2, -0.15) is 0 Å². The first-order valence-electron chi connectivity index (χ1n) is 6.62. The Labute approximate surface area is 95.8 Å². The fourth-order valence-electron chi connectivity index (χ4n) is 2.54. The van der Waals surface area contributed by atoms with Gasteiger partial charge in [0.15, 0.2) is 0 Å². The van der Waals surface area contributed by atoms with Crippen molar-refractivity contribution >= 4 is 0 Å². The zero-order chi connectivity index (χ0) is 11.5. The first kappa shape index (κ1) is 13.0. The molecular formula is C14H29N. The third-order valence-electron chi connectivity index (χ3n) is 4.06. The maximum absolute atomic E-state index is 6.47. The molecule has 0 bridgehead atoms. The molecule has 1 fully saturated rings. The molecule has 0 saturated heterocycles. The third kappa shape index (κ3) is 4.55. The van der Waals surface area contributed by atoms with Gasteiger partial charge in [0.25, 0.3) is 0 Å². The Balaban J connectivity index is 2.29. The molecule has 0 unspecified atom stereocenters. The monoisotopic (exact) mass is 211 g/mol. The average Bonchev–Trinajstić information content (AvgIpc) is 2.11. The van der Waals surface area contributed by atoms with Crippen molar-refractivity contribution < 1.29 is 0 Å². The van der Waals surface area contributed by atoms with E-state index in [1.807, 2.05) is 0 Å². The molecule has 1 saturated carbocycles. The van der Waals surface area contributed by atoms with Gasteiger partial charge < -0.3 is 5.73 Å². The van der Waals surface area contributed by atoms with Crippen molar-refractivity contribution in [1.29, 1.82) is 0 Å². The van der Waals surface area contributed by atoms with Gasteiger partial charge in [-0.05, 0) is 43.4 Å². The van der Waals surface area contributed by atoms with Crippen LogP contribution in [0.1, 0.15) is 72.6 Å². The lowest BCUT2D eigenvalue weighted by molar-refractivity contribution is 0.154. The van der Waals surface area contributed by atoms with E-state index in [4.69, 9.17) is 5.73 Å². The van der Waals surface area contributed by atoms with Crippen LogP contribution >= 0.6 is 0 Å². The summed E-state index contributed by atoms with van der Waals surface area (Å²) >= 11 is 0. The summed E-state index contributed by atoms with van der Waals surface area (Å²) in [6, 6.07) is 0. The normalized spacial score (nSPS) is 24.4. The van der Waals surface area contributed by atoms with E-state index in [1.165, 1.54) is 44.9 Å². The molecule has 1 nitrogen and oxygen atoms in total. The van der Waals surface area contributed by atoms with Crippen LogP contribution in [0.2, 0.25) is 0 Å². The highest BCUT2D eigenvalue weighted by Crippen LogP contribution is 2.41. The molecule has 0 aromatic carbocycles. The molecule has 15 heavy (non-hydrogen) atoms. The topological polar surface area (TPSA) is 26.0 Å². The minimum absolute atomic E-state index is 0.171. The minimum Gasteiger partial charge on any atom is -0.325 e. The van der Waals surface area contributed by atoms with Crippen molar-refractivity contribution in [3.05, 3.63) is 0 Å². The zero-order valence-electron chi connectivity index (χ0n) is 11.1. The Bertz CT molecular complexity index is 184. The number of hydrogen-bond donors (Lipinski definition) is 1. The van der Waals surface area contributed by atoms with Crippen molar-refractivity contribution in [2.45, 2.75) is 78.2 Å². The fraction of sp³-hybridized carbons (Fsp3) is 1.00. The first-order valence-corrected chi connectivity index (χ1v) is 6.62. The molecular weight excluding hydrogens is 182 g/mol. The second-order valence-corrected chi connectivity index (χ2v) is 6.81. The molecule has 0 amide bonds. The van der Waals surface area contributed by atoms with E-state index in [2.05, 4.69) is 27.7 Å². The van der Waals surface area contributed by atoms with Crippen LogP contribution in [0.5, 0.6) is 0 Å². The van der Waals surface area contributed by atoms with Gasteiger partial charge in [0.1, 0.15) is 0 Å². The molecule has 0 radical (unpaired) electrons. The predicted octanol–water partition coefficient (Wildman–Crippen LogP) is 4.11. The number of hydrogen-bond acceptors (Lipinski definition) is 1. The second-order valence-electron chi connectivity index (χ2n) is 6.81.